The van der Waals surface area contributed by atoms with Crippen molar-refractivity contribution in [2.45, 2.75) is 69.3 Å². The first kappa shape index (κ1) is 32.1. The SMILES string of the molecule is Cc1cc(C(=O)Nc2ccc(-c3ccccc3S(=O)(=O)NC(C)(C)C)cc2)n(-c2cccc(S(=O)(=O)NC(C)(C)C)c2)n1. The van der Waals surface area contributed by atoms with Crippen molar-refractivity contribution < 1.29 is 21.6 Å². The third kappa shape index (κ3) is 7.96. The number of amides is 1. The predicted octanol–water partition coefficient (Wildman–Crippen LogP) is 5.25. The number of carbonyl (C=O) groups is 1. The van der Waals surface area contributed by atoms with Gasteiger partial charge in [0.05, 0.1) is 21.2 Å². The largest absolute Gasteiger partial charge is 0.321 e. The van der Waals surface area contributed by atoms with E-state index < -0.39 is 37.0 Å². The average Bonchev–Trinajstić information content (AvgIpc) is 3.28. The smallest absolute Gasteiger partial charge is 0.274 e. The van der Waals surface area contributed by atoms with Crippen LogP contribution in [-0.4, -0.2) is 43.6 Å². The zero-order valence-electron chi connectivity index (χ0n) is 25.3. The van der Waals surface area contributed by atoms with E-state index in [1.54, 1.807) is 115 Å². The maximum Gasteiger partial charge on any atom is 0.274 e. The molecule has 3 N–H and O–H groups in total. The summed E-state index contributed by atoms with van der Waals surface area (Å²) in [5.74, 6) is -0.452. The molecule has 1 amide bonds. The van der Waals surface area contributed by atoms with Crippen LogP contribution in [0, 0.1) is 6.92 Å². The summed E-state index contributed by atoms with van der Waals surface area (Å²) in [6, 6.07) is 21.4. The quantitative estimate of drug-likeness (QED) is 0.245. The number of sulfonamides is 2. The van der Waals surface area contributed by atoms with E-state index in [0.29, 0.717) is 28.2 Å². The molecule has 0 unspecified atom stereocenters. The molecule has 4 aromatic rings. The summed E-state index contributed by atoms with van der Waals surface area (Å²) >= 11 is 0. The molecule has 0 aliphatic heterocycles. The lowest BCUT2D eigenvalue weighted by atomic mass is 10.1. The fourth-order valence-electron chi connectivity index (χ4n) is 4.43. The van der Waals surface area contributed by atoms with Gasteiger partial charge < -0.3 is 5.32 Å². The maximum absolute atomic E-state index is 13.4. The van der Waals surface area contributed by atoms with Gasteiger partial charge in [0.1, 0.15) is 5.69 Å². The summed E-state index contributed by atoms with van der Waals surface area (Å²) in [4.78, 5) is 13.6. The van der Waals surface area contributed by atoms with Gasteiger partial charge in [0.2, 0.25) is 20.0 Å². The predicted molar refractivity (Wildman–Crippen MR) is 168 cm³/mol. The van der Waals surface area contributed by atoms with Gasteiger partial charge in [-0.05, 0) is 96.5 Å². The van der Waals surface area contributed by atoms with Crippen molar-refractivity contribution in [1.29, 1.82) is 0 Å². The Hall–Kier alpha value is -3.84. The minimum atomic E-state index is -3.81. The van der Waals surface area contributed by atoms with E-state index in [9.17, 15) is 21.6 Å². The summed E-state index contributed by atoms with van der Waals surface area (Å²) in [5, 5.41) is 7.28. The van der Waals surface area contributed by atoms with Crippen LogP contribution in [0.2, 0.25) is 0 Å². The molecule has 228 valence electrons. The number of benzene rings is 3. The molecule has 0 radical (unpaired) electrons. The second-order valence-electron chi connectivity index (χ2n) is 12.3. The molecule has 1 heterocycles. The highest BCUT2D eigenvalue weighted by molar-refractivity contribution is 7.90. The monoisotopic (exact) mass is 623 g/mol. The molecule has 12 heteroatoms. The van der Waals surface area contributed by atoms with Crippen LogP contribution < -0.4 is 14.8 Å². The minimum absolute atomic E-state index is 0.0509. The van der Waals surface area contributed by atoms with Gasteiger partial charge in [-0.15, -0.1) is 0 Å². The first-order valence-corrected chi connectivity index (χ1v) is 16.6. The van der Waals surface area contributed by atoms with Gasteiger partial charge in [0.15, 0.2) is 0 Å². The number of anilines is 1. The molecular formula is C31H37N5O5S2. The number of hydrogen-bond donors (Lipinski definition) is 3. The van der Waals surface area contributed by atoms with Crippen LogP contribution in [0.4, 0.5) is 5.69 Å². The van der Waals surface area contributed by atoms with Crippen LogP contribution >= 0.6 is 0 Å². The normalized spacial score (nSPS) is 12.7. The molecule has 43 heavy (non-hydrogen) atoms. The minimum Gasteiger partial charge on any atom is -0.321 e. The van der Waals surface area contributed by atoms with E-state index in [4.69, 9.17) is 0 Å². The van der Waals surface area contributed by atoms with Gasteiger partial charge in [-0.3, -0.25) is 4.79 Å². The number of rotatable bonds is 8. The molecular weight excluding hydrogens is 587 g/mol. The molecule has 10 nitrogen and oxygen atoms in total. The Balaban J connectivity index is 1.60. The van der Waals surface area contributed by atoms with Crippen molar-refractivity contribution in [2.24, 2.45) is 0 Å². The fraction of sp³-hybridized carbons (Fsp3) is 0.290. The highest BCUT2D eigenvalue weighted by Crippen LogP contribution is 2.29. The zero-order valence-corrected chi connectivity index (χ0v) is 26.9. The molecule has 4 rings (SSSR count). The van der Waals surface area contributed by atoms with Crippen LogP contribution in [0.5, 0.6) is 0 Å². The fourth-order valence-corrected chi connectivity index (χ4v) is 7.54. The lowest BCUT2D eigenvalue weighted by Crippen LogP contribution is -2.40. The van der Waals surface area contributed by atoms with Crippen LogP contribution in [0.1, 0.15) is 57.7 Å². The number of carbonyl (C=O) groups excluding carboxylic acids is 1. The maximum atomic E-state index is 13.4. The Kier molecular flexibility index (Phi) is 8.72. The summed E-state index contributed by atoms with van der Waals surface area (Å²) in [5.41, 5.74) is 1.55. The van der Waals surface area contributed by atoms with E-state index >= 15 is 0 Å². The standard InChI is InChI=1S/C31H37N5O5S2/c1-21-19-27(36(33-21)24-11-10-12-25(20-24)42(38,39)34-30(2,3)4)29(37)32-23-17-15-22(16-18-23)26-13-8-9-14-28(26)43(40,41)35-31(5,6)7/h8-20,34-35H,1-7H3,(H,32,37). The highest BCUT2D eigenvalue weighted by Gasteiger charge is 2.26. The Bertz CT molecular complexity index is 1870. The second kappa shape index (κ2) is 11.7. The molecule has 0 saturated carbocycles. The third-order valence-electron chi connectivity index (χ3n) is 5.95. The molecule has 0 fully saturated rings. The first-order chi connectivity index (χ1) is 19.8. The number of nitrogens with zero attached hydrogens (tertiary/aromatic N) is 2. The lowest BCUT2D eigenvalue weighted by Gasteiger charge is -2.21. The molecule has 0 aliphatic carbocycles. The molecule has 0 bridgehead atoms. The Morgan fingerprint density at radius 1 is 0.744 bits per heavy atom. The lowest BCUT2D eigenvalue weighted by molar-refractivity contribution is 0.101. The molecule has 0 saturated heterocycles. The Morgan fingerprint density at radius 3 is 1.98 bits per heavy atom. The second-order valence-corrected chi connectivity index (χ2v) is 15.7. The van der Waals surface area contributed by atoms with Crippen molar-refractivity contribution in [3.05, 3.63) is 90.3 Å². The van der Waals surface area contributed by atoms with Crippen molar-refractivity contribution in [3.63, 3.8) is 0 Å². The summed E-state index contributed by atoms with van der Waals surface area (Å²) < 4.78 is 58.7. The van der Waals surface area contributed by atoms with Gasteiger partial charge in [0.25, 0.3) is 5.91 Å². The van der Waals surface area contributed by atoms with Gasteiger partial charge >= 0.3 is 0 Å². The molecule has 0 aliphatic rings. The van der Waals surface area contributed by atoms with E-state index in [1.807, 2.05) is 0 Å². The van der Waals surface area contributed by atoms with Gasteiger partial charge in [-0.25, -0.2) is 31.0 Å². The van der Waals surface area contributed by atoms with Gasteiger partial charge in [0, 0.05) is 22.3 Å². The van der Waals surface area contributed by atoms with E-state index in [1.165, 1.54) is 16.8 Å². The Labute approximate surface area is 253 Å². The summed E-state index contributed by atoms with van der Waals surface area (Å²) in [6.45, 7) is 12.3. The van der Waals surface area contributed by atoms with Crippen molar-refractivity contribution >= 4 is 31.6 Å². The number of hydrogen-bond acceptors (Lipinski definition) is 6. The van der Waals surface area contributed by atoms with Crippen LogP contribution in [0.15, 0.2) is 88.7 Å². The third-order valence-corrected chi connectivity index (χ3v) is 9.52. The van der Waals surface area contributed by atoms with E-state index in [-0.39, 0.29) is 15.5 Å². The van der Waals surface area contributed by atoms with E-state index in [2.05, 4.69) is 19.9 Å². The number of aryl methyl sites for hydroxylation is 1. The van der Waals surface area contributed by atoms with E-state index in [0.717, 1.165) is 0 Å². The molecule has 3 aromatic carbocycles. The van der Waals surface area contributed by atoms with Crippen LogP contribution in [-0.2, 0) is 20.0 Å². The summed E-state index contributed by atoms with van der Waals surface area (Å²) in [7, 11) is -7.59. The average molecular weight is 624 g/mol. The van der Waals surface area contributed by atoms with Crippen molar-refractivity contribution in [3.8, 4) is 16.8 Å². The summed E-state index contributed by atoms with van der Waals surface area (Å²) in [6.07, 6.45) is 0. The first-order valence-electron chi connectivity index (χ1n) is 13.6. The topological polar surface area (TPSA) is 139 Å². The Morgan fingerprint density at radius 2 is 1.35 bits per heavy atom. The molecule has 1 aromatic heterocycles. The molecule has 0 spiro atoms. The van der Waals surface area contributed by atoms with Crippen molar-refractivity contribution in [1.82, 2.24) is 19.2 Å². The number of nitrogens with one attached hydrogen (secondary N) is 3. The van der Waals surface area contributed by atoms with Gasteiger partial charge in [-0.2, -0.15) is 5.10 Å². The molecule has 0 atom stereocenters. The van der Waals surface area contributed by atoms with Gasteiger partial charge in [-0.1, -0.05) is 36.4 Å². The van der Waals surface area contributed by atoms with Crippen LogP contribution in [0.3, 0.4) is 0 Å². The zero-order chi connectivity index (χ0) is 31.8. The van der Waals surface area contributed by atoms with Crippen molar-refractivity contribution in [2.75, 3.05) is 5.32 Å². The van der Waals surface area contributed by atoms with Crippen LogP contribution in [0.25, 0.3) is 16.8 Å². The number of aromatic nitrogens is 2. The highest BCUT2D eigenvalue weighted by atomic mass is 32.2.